The summed E-state index contributed by atoms with van der Waals surface area (Å²) in [6, 6.07) is 0. The molecule has 1 rings (SSSR count). The van der Waals surface area contributed by atoms with E-state index in [2.05, 4.69) is 20.4 Å². The smallest absolute Gasteiger partial charge is 0.0846 e. The van der Waals surface area contributed by atoms with E-state index in [0.717, 1.165) is 18.6 Å². The Morgan fingerprint density at radius 1 is 1.55 bits per heavy atom. The molecule has 0 aliphatic carbocycles. The van der Waals surface area contributed by atoms with Gasteiger partial charge < -0.3 is 5.11 Å². The highest BCUT2D eigenvalue weighted by atomic mass is 32.2. The van der Waals surface area contributed by atoms with Crippen molar-refractivity contribution in [3.63, 3.8) is 0 Å². The Kier molecular flexibility index (Phi) is 2.35. The van der Waals surface area contributed by atoms with Gasteiger partial charge >= 0.3 is 0 Å². The van der Waals surface area contributed by atoms with E-state index in [-0.39, 0.29) is 4.75 Å². The van der Waals surface area contributed by atoms with Crippen LogP contribution in [-0.2, 0) is 0 Å². The lowest BCUT2D eigenvalue weighted by Gasteiger charge is -2.39. The van der Waals surface area contributed by atoms with Crippen LogP contribution in [0, 0.1) is 0 Å². The highest BCUT2D eigenvalue weighted by Gasteiger charge is 2.36. The molecule has 1 aliphatic heterocycles. The van der Waals surface area contributed by atoms with Gasteiger partial charge in [-0.15, -0.1) is 6.58 Å². The fraction of sp³-hybridized carbons (Fsp3) is 0.778. The largest absolute Gasteiger partial charge is 0.386 e. The van der Waals surface area contributed by atoms with E-state index in [1.54, 1.807) is 6.08 Å². The lowest BCUT2D eigenvalue weighted by Crippen LogP contribution is -2.39. The summed E-state index contributed by atoms with van der Waals surface area (Å²) in [5.41, 5.74) is -0.602. The lowest BCUT2D eigenvalue weighted by molar-refractivity contribution is 0.0663. The van der Waals surface area contributed by atoms with Crippen molar-refractivity contribution in [3.8, 4) is 0 Å². The molecule has 0 aromatic heterocycles. The normalized spacial score (nSPS) is 36.6. The van der Waals surface area contributed by atoms with Gasteiger partial charge in [-0.1, -0.05) is 19.9 Å². The summed E-state index contributed by atoms with van der Waals surface area (Å²) in [5.74, 6) is 1.04. The first-order chi connectivity index (χ1) is 4.97. The molecule has 1 fully saturated rings. The van der Waals surface area contributed by atoms with Crippen LogP contribution in [0.4, 0.5) is 0 Å². The third kappa shape index (κ3) is 2.24. The van der Waals surface area contributed by atoms with E-state index < -0.39 is 5.60 Å². The minimum atomic E-state index is -0.602. The summed E-state index contributed by atoms with van der Waals surface area (Å²) in [6.45, 7) is 8.01. The fourth-order valence-corrected chi connectivity index (χ4v) is 2.92. The Bertz CT molecular complexity index is 165. The van der Waals surface area contributed by atoms with Crippen LogP contribution < -0.4 is 0 Å². The van der Waals surface area contributed by atoms with Gasteiger partial charge in [0.05, 0.1) is 5.60 Å². The van der Waals surface area contributed by atoms with Crippen LogP contribution in [0.5, 0.6) is 0 Å². The van der Waals surface area contributed by atoms with Crippen LogP contribution in [0.15, 0.2) is 12.7 Å². The van der Waals surface area contributed by atoms with Crippen molar-refractivity contribution in [2.75, 3.05) is 5.75 Å². The fourth-order valence-electron chi connectivity index (χ4n) is 1.55. The molecular weight excluding hydrogens is 156 g/mol. The molecule has 0 spiro atoms. The standard InChI is InChI=1S/C9H16OS/c1-4-9(10)5-6-11-8(2,3)7-9/h4,10H,1,5-7H2,2-3H3. The van der Waals surface area contributed by atoms with Gasteiger partial charge in [-0.3, -0.25) is 0 Å². The Labute approximate surface area is 72.9 Å². The zero-order chi connectivity index (χ0) is 8.54. The molecule has 0 saturated carbocycles. The average Bonchev–Trinajstić information content (AvgIpc) is 1.85. The van der Waals surface area contributed by atoms with Crippen molar-refractivity contribution < 1.29 is 5.11 Å². The molecule has 0 radical (unpaired) electrons. The van der Waals surface area contributed by atoms with Gasteiger partial charge in [-0.2, -0.15) is 11.8 Å². The Balaban J connectivity index is 2.66. The summed E-state index contributed by atoms with van der Waals surface area (Å²) >= 11 is 1.93. The number of hydrogen-bond acceptors (Lipinski definition) is 2. The Hall–Kier alpha value is 0.0500. The first kappa shape index (κ1) is 9.14. The Morgan fingerprint density at radius 2 is 2.18 bits per heavy atom. The maximum atomic E-state index is 9.88. The van der Waals surface area contributed by atoms with Crippen molar-refractivity contribution in [2.24, 2.45) is 0 Å². The van der Waals surface area contributed by atoms with Gasteiger partial charge in [0.25, 0.3) is 0 Å². The molecule has 1 nitrogen and oxygen atoms in total. The molecule has 11 heavy (non-hydrogen) atoms. The summed E-state index contributed by atoms with van der Waals surface area (Å²) in [5, 5.41) is 9.88. The quantitative estimate of drug-likeness (QED) is 0.612. The van der Waals surface area contributed by atoms with Crippen LogP contribution >= 0.6 is 11.8 Å². The number of thioether (sulfide) groups is 1. The van der Waals surface area contributed by atoms with Gasteiger partial charge in [0.1, 0.15) is 0 Å². The monoisotopic (exact) mass is 172 g/mol. The van der Waals surface area contributed by atoms with Crippen LogP contribution in [-0.4, -0.2) is 21.2 Å². The molecule has 0 amide bonds. The van der Waals surface area contributed by atoms with Crippen LogP contribution in [0.25, 0.3) is 0 Å². The molecule has 1 N–H and O–H groups in total. The zero-order valence-electron chi connectivity index (χ0n) is 7.26. The molecule has 1 saturated heterocycles. The van der Waals surface area contributed by atoms with Gasteiger partial charge in [0.2, 0.25) is 0 Å². The second kappa shape index (κ2) is 2.83. The Morgan fingerprint density at radius 3 is 2.55 bits per heavy atom. The summed E-state index contributed by atoms with van der Waals surface area (Å²) in [7, 11) is 0. The second-order valence-electron chi connectivity index (χ2n) is 3.84. The molecule has 1 aliphatic rings. The van der Waals surface area contributed by atoms with Crippen LogP contribution in [0.3, 0.4) is 0 Å². The molecule has 0 aromatic rings. The third-order valence-electron chi connectivity index (χ3n) is 2.14. The van der Waals surface area contributed by atoms with Gasteiger partial charge in [0.15, 0.2) is 0 Å². The van der Waals surface area contributed by atoms with E-state index in [0.29, 0.717) is 0 Å². The van der Waals surface area contributed by atoms with Crippen molar-refractivity contribution >= 4 is 11.8 Å². The van der Waals surface area contributed by atoms with Crippen molar-refractivity contribution in [1.29, 1.82) is 0 Å². The predicted molar refractivity (Wildman–Crippen MR) is 50.9 cm³/mol. The van der Waals surface area contributed by atoms with E-state index in [9.17, 15) is 5.11 Å². The maximum absolute atomic E-state index is 9.88. The summed E-state index contributed by atoms with van der Waals surface area (Å²) < 4.78 is 0.210. The number of aliphatic hydroxyl groups is 1. The zero-order valence-corrected chi connectivity index (χ0v) is 8.08. The predicted octanol–water partition coefficient (Wildman–Crippen LogP) is 2.21. The highest BCUT2D eigenvalue weighted by molar-refractivity contribution is 8.00. The molecule has 2 heteroatoms. The SMILES string of the molecule is C=CC1(O)CCSC(C)(C)C1. The molecule has 1 atom stereocenters. The van der Waals surface area contributed by atoms with Crippen molar-refractivity contribution in [2.45, 2.75) is 37.0 Å². The first-order valence-corrected chi connectivity index (χ1v) is 4.96. The third-order valence-corrected chi connectivity index (χ3v) is 3.47. The van der Waals surface area contributed by atoms with Crippen LogP contribution in [0.2, 0.25) is 0 Å². The van der Waals surface area contributed by atoms with Crippen LogP contribution in [0.1, 0.15) is 26.7 Å². The molecule has 1 heterocycles. The topological polar surface area (TPSA) is 20.2 Å². The summed E-state index contributed by atoms with van der Waals surface area (Å²) in [4.78, 5) is 0. The number of rotatable bonds is 1. The lowest BCUT2D eigenvalue weighted by atomic mass is 9.89. The first-order valence-electron chi connectivity index (χ1n) is 3.97. The second-order valence-corrected chi connectivity index (χ2v) is 5.64. The molecule has 1 unspecified atom stereocenters. The van der Waals surface area contributed by atoms with E-state index >= 15 is 0 Å². The minimum Gasteiger partial charge on any atom is -0.386 e. The van der Waals surface area contributed by atoms with E-state index in [4.69, 9.17) is 0 Å². The number of hydrogen-bond donors (Lipinski definition) is 1. The van der Waals surface area contributed by atoms with E-state index in [1.165, 1.54) is 0 Å². The van der Waals surface area contributed by atoms with Gasteiger partial charge in [0, 0.05) is 4.75 Å². The molecule has 0 bridgehead atoms. The molecule has 0 aromatic carbocycles. The molecule has 64 valence electrons. The summed E-state index contributed by atoms with van der Waals surface area (Å²) in [6.07, 6.45) is 3.37. The molecular formula is C9H16OS. The maximum Gasteiger partial charge on any atom is 0.0846 e. The van der Waals surface area contributed by atoms with Crippen molar-refractivity contribution in [1.82, 2.24) is 0 Å². The average molecular weight is 172 g/mol. The van der Waals surface area contributed by atoms with Gasteiger partial charge in [-0.05, 0) is 18.6 Å². The van der Waals surface area contributed by atoms with Crippen molar-refractivity contribution in [3.05, 3.63) is 12.7 Å². The van der Waals surface area contributed by atoms with E-state index in [1.807, 2.05) is 11.8 Å². The minimum absolute atomic E-state index is 0.210. The highest BCUT2D eigenvalue weighted by Crippen LogP contribution is 2.41. The van der Waals surface area contributed by atoms with Gasteiger partial charge in [-0.25, -0.2) is 0 Å².